The first kappa shape index (κ1) is 17.5. The Morgan fingerprint density at radius 3 is 2.46 bits per heavy atom. The first-order valence-corrected chi connectivity index (χ1v) is 7.86. The summed E-state index contributed by atoms with van der Waals surface area (Å²) in [6.45, 7) is 5.88. The van der Waals surface area contributed by atoms with E-state index in [4.69, 9.17) is 10.5 Å². The van der Waals surface area contributed by atoms with Crippen molar-refractivity contribution >= 4 is 17.5 Å². The number of amides is 2. The lowest BCUT2D eigenvalue weighted by Gasteiger charge is -2.18. The second kappa shape index (κ2) is 7.64. The number of hydrogen-bond acceptors (Lipinski definition) is 3. The maximum atomic E-state index is 12.5. The van der Waals surface area contributed by atoms with Gasteiger partial charge in [-0.2, -0.15) is 0 Å². The van der Waals surface area contributed by atoms with Gasteiger partial charge < -0.3 is 15.8 Å². The summed E-state index contributed by atoms with van der Waals surface area (Å²) in [5, 5.41) is 2.72. The Balaban J connectivity index is 2.14. The number of primary amides is 1. The summed E-state index contributed by atoms with van der Waals surface area (Å²) in [6.07, 6.45) is -0.162. The number of ether oxygens (including phenoxy) is 1. The zero-order valence-electron chi connectivity index (χ0n) is 14.1. The average Bonchev–Trinajstić information content (AvgIpc) is 2.56. The van der Waals surface area contributed by atoms with E-state index in [1.54, 1.807) is 24.3 Å². The lowest BCUT2D eigenvalue weighted by atomic mass is 10.1. The molecule has 2 rings (SSSR count). The number of nitrogens with two attached hydrogens (primary N) is 1. The van der Waals surface area contributed by atoms with Crippen molar-refractivity contribution in [3.05, 3.63) is 59.2 Å². The molecule has 0 fully saturated rings. The number of hydrogen-bond donors (Lipinski definition) is 2. The van der Waals surface area contributed by atoms with Crippen LogP contribution in [0.2, 0.25) is 0 Å². The van der Waals surface area contributed by atoms with Crippen molar-refractivity contribution in [3.8, 4) is 5.75 Å². The third-order valence-electron chi connectivity index (χ3n) is 3.87. The quantitative estimate of drug-likeness (QED) is 0.855. The van der Waals surface area contributed by atoms with Crippen LogP contribution in [-0.4, -0.2) is 17.9 Å². The molecule has 0 heterocycles. The summed E-state index contributed by atoms with van der Waals surface area (Å²) in [7, 11) is 0. The Labute approximate surface area is 141 Å². The van der Waals surface area contributed by atoms with Crippen LogP contribution in [0.5, 0.6) is 5.75 Å². The molecule has 2 aromatic carbocycles. The SMILES string of the molecule is CC[C@@H](Oc1ccc(C)c(C)c1)C(=O)Nc1ccccc1C(N)=O. The van der Waals surface area contributed by atoms with Crippen LogP contribution in [-0.2, 0) is 4.79 Å². The zero-order valence-corrected chi connectivity index (χ0v) is 14.1. The molecule has 5 heteroatoms. The highest BCUT2D eigenvalue weighted by molar-refractivity contribution is 6.04. The molecule has 0 spiro atoms. The third-order valence-corrected chi connectivity index (χ3v) is 3.87. The molecule has 3 N–H and O–H groups in total. The topological polar surface area (TPSA) is 81.4 Å². The average molecular weight is 326 g/mol. The van der Waals surface area contributed by atoms with E-state index in [9.17, 15) is 9.59 Å². The fourth-order valence-corrected chi connectivity index (χ4v) is 2.29. The molecule has 0 saturated carbocycles. The number of carbonyl (C=O) groups is 2. The normalized spacial score (nSPS) is 11.6. The van der Waals surface area contributed by atoms with Crippen molar-refractivity contribution < 1.29 is 14.3 Å². The Bertz CT molecular complexity index is 756. The van der Waals surface area contributed by atoms with Gasteiger partial charge in [0, 0.05) is 0 Å². The fraction of sp³-hybridized carbons (Fsp3) is 0.263. The van der Waals surface area contributed by atoms with Gasteiger partial charge in [-0.15, -0.1) is 0 Å². The molecule has 126 valence electrons. The second-order valence-electron chi connectivity index (χ2n) is 5.66. The van der Waals surface area contributed by atoms with Crippen LogP contribution in [0.1, 0.15) is 34.8 Å². The number of nitrogens with one attached hydrogen (secondary N) is 1. The van der Waals surface area contributed by atoms with E-state index in [-0.39, 0.29) is 11.5 Å². The molecule has 0 bridgehead atoms. The van der Waals surface area contributed by atoms with Crippen LogP contribution in [0.4, 0.5) is 5.69 Å². The minimum absolute atomic E-state index is 0.270. The standard InChI is InChI=1S/C19H22N2O3/c1-4-17(24-14-10-9-12(2)13(3)11-14)19(23)21-16-8-6-5-7-15(16)18(20)22/h5-11,17H,4H2,1-3H3,(H2,20,22)(H,21,23)/t17-/m1/s1. The third kappa shape index (κ3) is 4.13. The summed E-state index contributed by atoms with van der Waals surface area (Å²) in [4.78, 5) is 23.9. The minimum atomic E-state index is -0.659. The van der Waals surface area contributed by atoms with Crippen LogP contribution in [0.3, 0.4) is 0 Å². The highest BCUT2D eigenvalue weighted by Crippen LogP contribution is 2.20. The van der Waals surface area contributed by atoms with E-state index in [2.05, 4.69) is 5.32 Å². The number of rotatable bonds is 6. The molecule has 0 aromatic heterocycles. The number of carbonyl (C=O) groups excluding carboxylic acids is 2. The van der Waals surface area contributed by atoms with Gasteiger partial charge >= 0.3 is 0 Å². The summed E-state index contributed by atoms with van der Waals surface area (Å²) >= 11 is 0. The zero-order chi connectivity index (χ0) is 17.7. The maximum Gasteiger partial charge on any atom is 0.265 e. The van der Waals surface area contributed by atoms with Gasteiger partial charge in [-0.05, 0) is 55.7 Å². The van der Waals surface area contributed by atoms with Gasteiger partial charge in [0.25, 0.3) is 11.8 Å². The van der Waals surface area contributed by atoms with Crippen molar-refractivity contribution in [2.75, 3.05) is 5.32 Å². The Morgan fingerprint density at radius 2 is 1.83 bits per heavy atom. The Morgan fingerprint density at radius 1 is 1.12 bits per heavy atom. The van der Waals surface area contributed by atoms with E-state index in [1.165, 1.54) is 0 Å². The van der Waals surface area contributed by atoms with Gasteiger partial charge in [-0.1, -0.05) is 25.1 Å². The smallest absolute Gasteiger partial charge is 0.265 e. The van der Waals surface area contributed by atoms with Crippen LogP contribution in [0, 0.1) is 13.8 Å². The van der Waals surface area contributed by atoms with Gasteiger partial charge in [-0.25, -0.2) is 0 Å². The van der Waals surface area contributed by atoms with Crippen molar-refractivity contribution in [1.82, 2.24) is 0 Å². The van der Waals surface area contributed by atoms with E-state index in [0.717, 1.165) is 11.1 Å². The molecular formula is C19H22N2O3. The van der Waals surface area contributed by atoms with Gasteiger partial charge in [0.15, 0.2) is 6.10 Å². The van der Waals surface area contributed by atoms with Crippen molar-refractivity contribution in [2.24, 2.45) is 5.73 Å². The van der Waals surface area contributed by atoms with E-state index < -0.39 is 12.0 Å². The molecule has 0 radical (unpaired) electrons. The predicted molar refractivity (Wildman–Crippen MR) is 94.2 cm³/mol. The highest BCUT2D eigenvalue weighted by atomic mass is 16.5. The second-order valence-corrected chi connectivity index (χ2v) is 5.66. The number of para-hydroxylation sites is 1. The van der Waals surface area contributed by atoms with Gasteiger partial charge in [0.05, 0.1) is 11.3 Å². The molecule has 0 aliphatic carbocycles. The lowest BCUT2D eigenvalue weighted by molar-refractivity contribution is -0.122. The van der Waals surface area contributed by atoms with Crippen molar-refractivity contribution in [1.29, 1.82) is 0 Å². The maximum absolute atomic E-state index is 12.5. The summed E-state index contributed by atoms with van der Waals surface area (Å²) in [5.41, 5.74) is 8.25. The van der Waals surface area contributed by atoms with E-state index >= 15 is 0 Å². The lowest BCUT2D eigenvalue weighted by Crippen LogP contribution is -2.33. The molecule has 0 unspecified atom stereocenters. The molecule has 0 saturated heterocycles. The Hall–Kier alpha value is -2.82. The highest BCUT2D eigenvalue weighted by Gasteiger charge is 2.20. The molecule has 2 aromatic rings. The van der Waals surface area contributed by atoms with Gasteiger partial charge in [-0.3, -0.25) is 9.59 Å². The molecule has 24 heavy (non-hydrogen) atoms. The molecule has 5 nitrogen and oxygen atoms in total. The molecule has 0 aliphatic rings. The van der Waals surface area contributed by atoms with Crippen LogP contribution >= 0.6 is 0 Å². The fourth-order valence-electron chi connectivity index (χ4n) is 2.29. The summed E-state index contributed by atoms with van der Waals surface area (Å²) < 4.78 is 5.81. The number of anilines is 1. The van der Waals surface area contributed by atoms with Gasteiger partial charge in [0.2, 0.25) is 0 Å². The van der Waals surface area contributed by atoms with E-state index in [1.807, 2.05) is 39.0 Å². The van der Waals surface area contributed by atoms with Crippen LogP contribution in [0.25, 0.3) is 0 Å². The first-order valence-electron chi connectivity index (χ1n) is 7.86. The summed E-state index contributed by atoms with van der Waals surface area (Å²) in [5.74, 6) is -0.262. The Kier molecular flexibility index (Phi) is 5.58. The van der Waals surface area contributed by atoms with Crippen molar-refractivity contribution in [3.63, 3.8) is 0 Å². The van der Waals surface area contributed by atoms with Gasteiger partial charge in [0.1, 0.15) is 5.75 Å². The van der Waals surface area contributed by atoms with Crippen LogP contribution < -0.4 is 15.8 Å². The van der Waals surface area contributed by atoms with Crippen LogP contribution in [0.15, 0.2) is 42.5 Å². The molecular weight excluding hydrogens is 304 g/mol. The number of aryl methyl sites for hydroxylation is 2. The molecule has 1 atom stereocenters. The minimum Gasteiger partial charge on any atom is -0.481 e. The largest absolute Gasteiger partial charge is 0.481 e. The summed E-state index contributed by atoms with van der Waals surface area (Å²) in [6, 6.07) is 12.3. The molecule has 0 aliphatic heterocycles. The first-order chi connectivity index (χ1) is 11.4. The van der Waals surface area contributed by atoms with E-state index in [0.29, 0.717) is 17.9 Å². The van der Waals surface area contributed by atoms with Crippen molar-refractivity contribution in [2.45, 2.75) is 33.3 Å². The monoisotopic (exact) mass is 326 g/mol. The number of benzene rings is 2. The predicted octanol–water partition coefficient (Wildman–Crippen LogP) is 3.20. The molecule has 2 amide bonds.